The van der Waals surface area contributed by atoms with Crippen LogP contribution in [0.3, 0.4) is 0 Å². The quantitative estimate of drug-likeness (QED) is 0.649. The topological polar surface area (TPSA) is 18.5 Å². The van der Waals surface area contributed by atoms with Crippen LogP contribution in [-0.2, 0) is 16.1 Å². The van der Waals surface area contributed by atoms with Crippen molar-refractivity contribution in [2.24, 2.45) is 0 Å². The van der Waals surface area contributed by atoms with Crippen LogP contribution < -0.4 is 0 Å². The van der Waals surface area contributed by atoms with Gasteiger partial charge in [0.05, 0.1) is 12.7 Å². The molecule has 1 fully saturated rings. The van der Waals surface area contributed by atoms with E-state index in [2.05, 4.69) is 12.1 Å². The Morgan fingerprint density at radius 3 is 2.44 bits per heavy atom. The van der Waals surface area contributed by atoms with E-state index >= 15 is 0 Å². The summed E-state index contributed by atoms with van der Waals surface area (Å²) in [5.74, 6) is 0. The van der Waals surface area contributed by atoms with Crippen LogP contribution in [0, 0.1) is 0 Å². The maximum absolute atomic E-state index is 5.81. The van der Waals surface area contributed by atoms with Crippen LogP contribution in [0.25, 0.3) is 0 Å². The minimum atomic E-state index is 0.551. The normalized spacial score (nSPS) is 16.2. The molecular weight excluding hydrogens is 224 g/mol. The molecule has 0 spiro atoms. The molecule has 0 unspecified atom stereocenters. The van der Waals surface area contributed by atoms with E-state index in [1.165, 1.54) is 31.2 Å². The van der Waals surface area contributed by atoms with E-state index in [1.807, 2.05) is 18.2 Å². The Morgan fingerprint density at radius 1 is 0.944 bits per heavy atom. The van der Waals surface area contributed by atoms with E-state index in [-0.39, 0.29) is 0 Å². The highest BCUT2D eigenvalue weighted by Gasteiger charge is 2.14. The zero-order valence-electron chi connectivity index (χ0n) is 11.1. The minimum absolute atomic E-state index is 0.551. The van der Waals surface area contributed by atoms with Crippen molar-refractivity contribution in [1.82, 2.24) is 0 Å². The summed E-state index contributed by atoms with van der Waals surface area (Å²) in [4.78, 5) is 0. The van der Waals surface area contributed by atoms with Gasteiger partial charge in [0.25, 0.3) is 0 Å². The molecule has 1 aliphatic rings. The molecule has 2 rings (SSSR count). The lowest BCUT2D eigenvalue weighted by Crippen LogP contribution is -2.09. The summed E-state index contributed by atoms with van der Waals surface area (Å²) in [7, 11) is 0. The van der Waals surface area contributed by atoms with E-state index in [1.54, 1.807) is 0 Å². The molecule has 0 atom stereocenters. The molecular formula is C16H24O2. The van der Waals surface area contributed by atoms with Crippen molar-refractivity contribution in [2.45, 2.75) is 51.2 Å². The van der Waals surface area contributed by atoms with Crippen molar-refractivity contribution in [3.8, 4) is 0 Å². The van der Waals surface area contributed by atoms with Crippen molar-refractivity contribution in [3.05, 3.63) is 35.9 Å². The maximum atomic E-state index is 5.81. The molecule has 1 aliphatic carbocycles. The van der Waals surface area contributed by atoms with Crippen molar-refractivity contribution in [2.75, 3.05) is 13.2 Å². The van der Waals surface area contributed by atoms with Gasteiger partial charge < -0.3 is 9.47 Å². The molecule has 0 saturated heterocycles. The molecule has 1 aromatic rings. The smallest absolute Gasteiger partial charge is 0.0716 e. The van der Waals surface area contributed by atoms with Gasteiger partial charge >= 0.3 is 0 Å². The Hall–Kier alpha value is -0.860. The van der Waals surface area contributed by atoms with Crippen molar-refractivity contribution < 1.29 is 9.47 Å². The highest BCUT2D eigenvalue weighted by Crippen LogP contribution is 2.20. The molecule has 1 aromatic carbocycles. The van der Waals surface area contributed by atoms with Gasteiger partial charge in [-0.1, -0.05) is 43.2 Å². The molecule has 0 aliphatic heterocycles. The molecule has 0 amide bonds. The predicted molar refractivity (Wildman–Crippen MR) is 73.5 cm³/mol. The molecule has 100 valence electrons. The first kappa shape index (κ1) is 13.6. The molecule has 18 heavy (non-hydrogen) atoms. The highest BCUT2D eigenvalue weighted by molar-refractivity contribution is 5.13. The monoisotopic (exact) mass is 248 g/mol. The predicted octanol–water partition coefficient (Wildman–Crippen LogP) is 3.94. The van der Waals surface area contributed by atoms with Crippen molar-refractivity contribution in [1.29, 1.82) is 0 Å². The van der Waals surface area contributed by atoms with Crippen LogP contribution in [0.1, 0.15) is 44.1 Å². The summed E-state index contributed by atoms with van der Waals surface area (Å²) < 4.78 is 11.4. The second-order valence-corrected chi connectivity index (χ2v) is 5.02. The third kappa shape index (κ3) is 5.19. The van der Waals surface area contributed by atoms with Gasteiger partial charge in [0.1, 0.15) is 0 Å². The first-order valence-corrected chi connectivity index (χ1v) is 7.18. The van der Waals surface area contributed by atoms with Gasteiger partial charge in [0.2, 0.25) is 0 Å². The largest absolute Gasteiger partial charge is 0.378 e. The summed E-state index contributed by atoms with van der Waals surface area (Å²) in [6.07, 6.45) is 8.01. The number of rotatable bonds is 8. The lowest BCUT2D eigenvalue weighted by atomic mass is 10.2. The molecule has 2 heteroatoms. The van der Waals surface area contributed by atoms with E-state index in [9.17, 15) is 0 Å². The van der Waals surface area contributed by atoms with Gasteiger partial charge in [0.15, 0.2) is 0 Å². The fourth-order valence-corrected chi connectivity index (χ4v) is 2.38. The fourth-order valence-electron chi connectivity index (χ4n) is 2.38. The van der Waals surface area contributed by atoms with Gasteiger partial charge in [-0.15, -0.1) is 0 Å². The van der Waals surface area contributed by atoms with E-state index in [0.717, 1.165) is 32.7 Å². The molecule has 0 radical (unpaired) electrons. The average molecular weight is 248 g/mol. The Kier molecular flexibility index (Phi) is 6.24. The van der Waals surface area contributed by atoms with E-state index in [0.29, 0.717) is 6.10 Å². The lowest BCUT2D eigenvalue weighted by Gasteiger charge is -2.10. The Labute approximate surface area is 110 Å². The van der Waals surface area contributed by atoms with Crippen LogP contribution in [0.2, 0.25) is 0 Å². The number of unbranched alkanes of at least 4 members (excludes halogenated alkanes) is 1. The molecule has 0 heterocycles. The third-order valence-electron chi connectivity index (χ3n) is 3.45. The second-order valence-electron chi connectivity index (χ2n) is 5.02. The summed E-state index contributed by atoms with van der Waals surface area (Å²) in [6.45, 7) is 2.46. The van der Waals surface area contributed by atoms with E-state index < -0.39 is 0 Å². The summed E-state index contributed by atoms with van der Waals surface area (Å²) >= 11 is 0. The van der Waals surface area contributed by atoms with Gasteiger partial charge in [-0.3, -0.25) is 0 Å². The van der Waals surface area contributed by atoms with Crippen LogP contribution in [0.4, 0.5) is 0 Å². The van der Waals surface area contributed by atoms with Crippen LogP contribution >= 0.6 is 0 Å². The molecule has 0 aromatic heterocycles. The third-order valence-corrected chi connectivity index (χ3v) is 3.45. The zero-order valence-corrected chi connectivity index (χ0v) is 11.1. The van der Waals surface area contributed by atoms with E-state index in [4.69, 9.17) is 9.47 Å². The number of hydrogen-bond donors (Lipinski definition) is 0. The maximum Gasteiger partial charge on any atom is 0.0716 e. The standard InChI is InChI=1S/C16H24O2/c1-2-8-15(9-3-1)14-17-12-6-7-13-18-16-10-4-5-11-16/h1-3,8-9,16H,4-7,10-14H2. The van der Waals surface area contributed by atoms with Crippen molar-refractivity contribution >= 4 is 0 Å². The van der Waals surface area contributed by atoms with Crippen LogP contribution in [0.5, 0.6) is 0 Å². The summed E-state index contributed by atoms with van der Waals surface area (Å²) in [5.41, 5.74) is 1.25. The van der Waals surface area contributed by atoms with Gasteiger partial charge in [-0.05, 0) is 31.2 Å². The number of ether oxygens (including phenoxy) is 2. The molecule has 2 nitrogen and oxygen atoms in total. The second kappa shape index (κ2) is 8.28. The Balaban J connectivity index is 1.42. The lowest BCUT2D eigenvalue weighted by molar-refractivity contribution is 0.0480. The van der Waals surface area contributed by atoms with Crippen LogP contribution in [-0.4, -0.2) is 19.3 Å². The number of hydrogen-bond acceptors (Lipinski definition) is 2. The molecule has 1 saturated carbocycles. The first-order chi connectivity index (χ1) is 8.95. The van der Waals surface area contributed by atoms with Crippen LogP contribution in [0.15, 0.2) is 30.3 Å². The minimum Gasteiger partial charge on any atom is -0.378 e. The van der Waals surface area contributed by atoms with Gasteiger partial charge in [-0.2, -0.15) is 0 Å². The van der Waals surface area contributed by atoms with Gasteiger partial charge in [0, 0.05) is 13.2 Å². The molecule has 0 bridgehead atoms. The van der Waals surface area contributed by atoms with Crippen molar-refractivity contribution in [3.63, 3.8) is 0 Å². The SMILES string of the molecule is c1ccc(COCCCCOC2CCCC2)cc1. The average Bonchev–Trinajstić information content (AvgIpc) is 2.92. The Bertz CT molecular complexity index is 304. The highest BCUT2D eigenvalue weighted by atomic mass is 16.5. The first-order valence-electron chi connectivity index (χ1n) is 7.18. The molecule has 0 N–H and O–H groups in total. The zero-order chi connectivity index (χ0) is 12.5. The fraction of sp³-hybridized carbons (Fsp3) is 0.625. The summed E-state index contributed by atoms with van der Waals surface area (Å²) in [5, 5.41) is 0. The summed E-state index contributed by atoms with van der Waals surface area (Å²) in [6, 6.07) is 10.3. The number of benzene rings is 1. The van der Waals surface area contributed by atoms with Gasteiger partial charge in [-0.25, -0.2) is 0 Å². The Morgan fingerprint density at radius 2 is 1.67 bits per heavy atom.